The van der Waals surface area contributed by atoms with Crippen molar-refractivity contribution in [1.29, 1.82) is 0 Å². The molecule has 98 valence electrons. The number of carbonyl (C=O) groups excluding carboxylic acids is 1. The Hall–Kier alpha value is -1.15. The summed E-state index contributed by atoms with van der Waals surface area (Å²) in [5, 5.41) is 3.30. The first-order chi connectivity index (χ1) is 8.76. The zero-order valence-electron chi connectivity index (χ0n) is 11.5. The molecule has 0 aromatic heterocycles. The average Bonchev–Trinajstić information content (AvgIpc) is 2.84. The number of fused-ring (bicyclic) bond motifs is 1. The van der Waals surface area contributed by atoms with Crippen LogP contribution in [0.1, 0.15) is 54.6 Å². The molecule has 0 fully saturated rings. The predicted octanol–water partition coefficient (Wildman–Crippen LogP) is 3.14. The highest BCUT2D eigenvalue weighted by molar-refractivity contribution is 6.00. The quantitative estimate of drug-likeness (QED) is 0.780. The molecule has 0 saturated heterocycles. The zero-order valence-corrected chi connectivity index (χ0v) is 11.5. The lowest BCUT2D eigenvalue weighted by molar-refractivity contribution is 0.0938. The zero-order chi connectivity index (χ0) is 13.0. The molecule has 18 heavy (non-hydrogen) atoms. The second-order valence-corrected chi connectivity index (χ2v) is 5.10. The lowest BCUT2D eigenvalue weighted by atomic mass is 9.97. The number of benzene rings is 1. The topological polar surface area (TPSA) is 29.1 Å². The van der Waals surface area contributed by atoms with Crippen molar-refractivity contribution in [3.8, 4) is 0 Å². The minimum absolute atomic E-state index is 0.0144. The van der Waals surface area contributed by atoms with Gasteiger partial charge >= 0.3 is 0 Å². The van der Waals surface area contributed by atoms with E-state index in [0.29, 0.717) is 0 Å². The minimum atomic E-state index is -0.0144. The summed E-state index contributed by atoms with van der Waals surface area (Å²) in [6.07, 6.45) is 5.50. The van der Waals surface area contributed by atoms with Gasteiger partial charge in [-0.05, 0) is 49.4 Å². The van der Waals surface area contributed by atoms with Gasteiger partial charge in [-0.3, -0.25) is 4.79 Å². The number of rotatable bonds is 6. The van der Waals surface area contributed by atoms with E-state index in [0.717, 1.165) is 31.4 Å². The highest BCUT2D eigenvalue weighted by Gasteiger charge is 2.20. The van der Waals surface area contributed by atoms with E-state index in [4.69, 9.17) is 0 Å². The number of aryl methyl sites for hydroxylation is 2. The van der Waals surface area contributed by atoms with E-state index in [1.807, 2.05) is 6.07 Å². The summed E-state index contributed by atoms with van der Waals surface area (Å²) in [5.41, 5.74) is 3.70. The van der Waals surface area contributed by atoms with Crippen molar-refractivity contribution in [3.63, 3.8) is 0 Å². The lowest BCUT2D eigenvalue weighted by Crippen LogP contribution is -2.36. The van der Waals surface area contributed by atoms with Crippen molar-refractivity contribution in [2.75, 3.05) is 6.54 Å². The molecule has 0 spiro atoms. The van der Waals surface area contributed by atoms with Crippen LogP contribution in [0.4, 0.5) is 0 Å². The van der Waals surface area contributed by atoms with Crippen LogP contribution in [0.3, 0.4) is 0 Å². The number of ketones is 1. The largest absolute Gasteiger partial charge is 0.307 e. The molecule has 1 aromatic carbocycles. The van der Waals surface area contributed by atoms with E-state index in [2.05, 4.69) is 31.3 Å². The number of hydrogen-bond donors (Lipinski definition) is 1. The van der Waals surface area contributed by atoms with Crippen LogP contribution in [0.15, 0.2) is 18.2 Å². The van der Waals surface area contributed by atoms with Crippen LogP contribution in [-0.4, -0.2) is 18.4 Å². The Labute approximate surface area is 110 Å². The Bertz CT molecular complexity index is 419. The number of carbonyl (C=O) groups is 1. The van der Waals surface area contributed by atoms with E-state index < -0.39 is 0 Å². The molecule has 2 heteroatoms. The molecule has 0 radical (unpaired) electrons. The van der Waals surface area contributed by atoms with Gasteiger partial charge in [-0.1, -0.05) is 32.4 Å². The van der Waals surface area contributed by atoms with Crippen LogP contribution in [0.2, 0.25) is 0 Å². The Kier molecular flexibility index (Phi) is 4.54. The molecule has 0 amide bonds. The van der Waals surface area contributed by atoms with Crippen molar-refractivity contribution in [1.82, 2.24) is 5.32 Å². The first-order valence-electron chi connectivity index (χ1n) is 7.15. The SMILES string of the molecule is CCCC(NCC)C(=O)c1ccc2c(c1)CCC2. The van der Waals surface area contributed by atoms with E-state index in [9.17, 15) is 4.79 Å². The molecule has 0 saturated carbocycles. The Balaban J connectivity index is 2.16. The molecule has 0 heterocycles. The predicted molar refractivity (Wildman–Crippen MR) is 75.2 cm³/mol. The van der Waals surface area contributed by atoms with Gasteiger partial charge in [0, 0.05) is 5.56 Å². The van der Waals surface area contributed by atoms with Crippen LogP contribution >= 0.6 is 0 Å². The third-order valence-electron chi connectivity index (χ3n) is 3.73. The van der Waals surface area contributed by atoms with Gasteiger partial charge < -0.3 is 5.32 Å². The summed E-state index contributed by atoms with van der Waals surface area (Å²) in [6, 6.07) is 6.25. The molecular formula is C16H23NO. The summed E-state index contributed by atoms with van der Waals surface area (Å²) in [4.78, 5) is 12.5. The van der Waals surface area contributed by atoms with E-state index in [1.54, 1.807) is 0 Å². The number of likely N-dealkylation sites (N-methyl/N-ethyl adjacent to an activating group) is 1. The molecule has 0 bridgehead atoms. The van der Waals surface area contributed by atoms with Crippen molar-refractivity contribution in [2.45, 2.75) is 52.0 Å². The van der Waals surface area contributed by atoms with Crippen LogP contribution in [0.5, 0.6) is 0 Å². The van der Waals surface area contributed by atoms with Crippen LogP contribution in [-0.2, 0) is 12.8 Å². The summed E-state index contributed by atoms with van der Waals surface area (Å²) >= 11 is 0. The fraction of sp³-hybridized carbons (Fsp3) is 0.562. The molecule has 1 aromatic rings. The standard InChI is InChI=1S/C16H23NO/c1-3-6-15(17-4-2)16(18)14-10-9-12-7-5-8-13(12)11-14/h9-11,15,17H,3-8H2,1-2H3. The molecule has 1 aliphatic rings. The summed E-state index contributed by atoms with van der Waals surface area (Å²) < 4.78 is 0. The van der Waals surface area contributed by atoms with Crippen molar-refractivity contribution >= 4 is 5.78 Å². The molecular weight excluding hydrogens is 222 g/mol. The van der Waals surface area contributed by atoms with Crippen molar-refractivity contribution in [2.24, 2.45) is 0 Å². The van der Waals surface area contributed by atoms with Gasteiger partial charge in [0.2, 0.25) is 0 Å². The van der Waals surface area contributed by atoms with Gasteiger partial charge in [0.25, 0.3) is 0 Å². The maximum absolute atomic E-state index is 12.5. The van der Waals surface area contributed by atoms with E-state index >= 15 is 0 Å². The van der Waals surface area contributed by atoms with E-state index in [1.165, 1.54) is 24.0 Å². The smallest absolute Gasteiger partial charge is 0.179 e. The normalized spacial score (nSPS) is 15.4. The summed E-state index contributed by atoms with van der Waals surface area (Å²) in [7, 11) is 0. The van der Waals surface area contributed by atoms with Crippen LogP contribution in [0.25, 0.3) is 0 Å². The summed E-state index contributed by atoms with van der Waals surface area (Å²) in [5.74, 6) is 0.258. The van der Waals surface area contributed by atoms with Crippen molar-refractivity contribution in [3.05, 3.63) is 34.9 Å². The highest BCUT2D eigenvalue weighted by atomic mass is 16.1. The van der Waals surface area contributed by atoms with Crippen LogP contribution < -0.4 is 5.32 Å². The molecule has 1 aliphatic carbocycles. The second kappa shape index (κ2) is 6.14. The fourth-order valence-electron chi connectivity index (χ4n) is 2.79. The van der Waals surface area contributed by atoms with Crippen molar-refractivity contribution < 1.29 is 4.79 Å². The lowest BCUT2D eigenvalue weighted by Gasteiger charge is -2.16. The van der Waals surface area contributed by atoms with Gasteiger partial charge in [0.15, 0.2) is 5.78 Å². The molecule has 1 N–H and O–H groups in total. The first kappa shape index (κ1) is 13.3. The Morgan fingerprint density at radius 2 is 2.06 bits per heavy atom. The summed E-state index contributed by atoms with van der Waals surface area (Å²) in [6.45, 7) is 5.03. The molecule has 1 atom stereocenters. The van der Waals surface area contributed by atoms with Crippen LogP contribution in [0, 0.1) is 0 Å². The van der Waals surface area contributed by atoms with Gasteiger partial charge in [-0.15, -0.1) is 0 Å². The number of Topliss-reactive ketones (excluding diaryl/α,β-unsaturated/α-hetero) is 1. The minimum Gasteiger partial charge on any atom is -0.307 e. The Morgan fingerprint density at radius 3 is 2.78 bits per heavy atom. The maximum atomic E-state index is 12.5. The first-order valence-corrected chi connectivity index (χ1v) is 7.15. The maximum Gasteiger partial charge on any atom is 0.179 e. The van der Waals surface area contributed by atoms with Gasteiger partial charge in [0.05, 0.1) is 6.04 Å². The van der Waals surface area contributed by atoms with E-state index in [-0.39, 0.29) is 11.8 Å². The molecule has 2 rings (SSSR count). The third kappa shape index (κ3) is 2.81. The Morgan fingerprint density at radius 1 is 1.28 bits per heavy atom. The fourth-order valence-corrected chi connectivity index (χ4v) is 2.79. The molecule has 2 nitrogen and oxygen atoms in total. The van der Waals surface area contributed by atoms with Gasteiger partial charge in [-0.2, -0.15) is 0 Å². The van der Waals surface area contributed by atoms with Gasteiger partial charge in [0.1, 0.15) is 0 Å². The number of hydrogen-bond acceptors (Lipinski definition) is 2. The number of nitrogens with one attached hydrogen (secondary N) is 1. The molecule has 1 unspecified atom stereocenters. The molecule has 0 aliphatic heterocycles. The highest BCUT2D eigenvalue weighted by Crippen LogP contribution is 2.23. The monoisotopic (exact) mass is 245 g/mol. The van der Waals surface area contributed by atoms with Gasteiger partial charge in [-0.25, -0.2) is 0 Å². The average molecular weight is 245 g/mol. The third-order valence-corrected chi connectivity index (χ3v) is 3.73. The second-order valence-electron chi connectivity index (χ2n) is 5.10.